The summed E-state index contributed by atoms with van der Waals surface area (Å²) in [4.78, 5) is 21.3. The maximum Gasteiger partial charge on any atom is 0.253 e. The summed E-state index contributed by atoms with van der Waals surface area (Å²) in [5, 5.41) is 0. The number of carbonyl (C=O) groups excluding carboxylic acids is 1. The molecule has 2 aromatic heterocycles. The fraction of sp³-hybridized carbons (Fsp3) is 0.412. The van der Waals surface area contributed by atoms with Crippen LogP contribution < -0.4 is 0 Å². The van der Waals surface area contributed by atoms with Crippen molar-refractivity contribution in [1.29, 1.82) is 0 Å². The van der Waals surface area contributed by atoms with E-state index in [4.69, 9.17) is 0 Å². The molecule has 1 amide bonds. The van der Waals surface area contributed by atoms with Crippen LogP contribution in [0.4, 0.5) is 0 Å². The minimum absolute atomic E-state index is 0.138. The van der Waals surface area contributed by atoms with Gasteiger partial charge >= 0.3 is 0 Å². The quantitative estimate of drug-likeness (QED) is 0.840. The molecule has 0 atom stereocenters. The standard InChI is InChI=1S/C17H20N2OS/c1-12-6-9-19(10-7-12)17(20)14-5-8-18-15(11-14)16-4-3-13(2)21-16/h3-5,8,11-12H,6-7,9-10H2,1-2H3. The van der Waals surface area contributed by atoms with Crippen LogP contribution in [0.15, 0.2) is 30.5 Å². The van der Waals surface area contributed by atoms with E-state index in [-0.39, 0.29) is 5.91 Å². The van der Waals surface area contributed by atoms with Gasteiger partial charge in [-0.25, -0.2) is 0 Å². The largest absolute Gasteiger partial charge is 0.339 e. The molecule has 0 N–H and O–H groups in total. The molecule has 21 heavy (non-hydrogen) atoms. The molecule has 0 unspecified atom stereocenters. The molecule has 3 heterocycles. The zero-order valence-electron chi connectivity index (χ0n) is 12.5. The van der Waals surface area contributed by atoms with E-state index in [1.165, 1.54) is 4.88 Å². The third-order valence-electron chi connectivity index (χ3n) is 4.07. The van der Waals surface area contributed by atoms with Gasteiger partial charge in [-0.1, -0.05) is 6.92 Å². The summed E-state index contributed by atoms with van der Waals surface area (Å²) < 4.78 is 0. The maximum absolute atomic E-state index is 12.6. The van der Waals surface area contributed by atoms with Gasteiger partial charge in [0.15, 0.2) is 0 Å². The smallest absolute Gasteiger partial charge is 0.253 e. The normalized spacial score (nSPS) is 16.2. The predicted molar refractivity (Wildman–Crippen MR) is 86.6 cm³/mol. The van der Waals surface area contributed by atoms with E-state index in [0.717, 1.165) is 48.0 Å². The monoisotopic (exact) mass is 300 g/mol. The predicted octanol–water partition coefficient (Wildman–Crippen LogP) is 3.99. The van der Waals surface area contributed by atoms with Crippen LogP contribution in [0.1, 0.15) is 35.0 Å². The van der Waals surface area contributed by atoms with E-state index in [2.05, 4.69) is 31.0 Å². The number of pyridine rings is 1. The number of hydrogen-bond donors (Lipinski definition) is 0. The number of nitrogens with zero attached hydrogens (tertiary/aromatic N) is 2. The molecule has 4 heteroatoms. The second-order valence-electron chi connectivity index (χ2n) is 5.81. The second-order valence-corrected chi connectivity index (χ2v) is 7.10. The Morgan fingerprint density at radius 2 is 2.05 bits per heavy atom. The Balaban J connectivity index is 1.81. The van der Waals surface area contributed by atoms with Gasteiger partial charge in [0.1, 0.15) is 0 Å². The topological polar surface area (TPSA) is 33.2 Å². The van der Waals surface area contributed by atoms with Gasteiger partial charge in [-0.2, -0.15) is 0 Å². The highest BCUT2D eigenvalue weighted by Crippen LogP contribution is 2.27. The van der Waals surface area contributed by atoms with E-state index >= 15 is 0 Å². The average molecular weight is 300 g/mol. The fourth-order valence-electron chi connectivity index (χ4n) is 2.66. The number of rotatable bonds is 2. The van der Waals surface area contributed by atoms with E-state index in [0.29, 0.717) is 0 Å². The molecular formula is C17H20N2OS. The van der Waals surface area contributed by atoms with Crippen LogP contribution in [-0.2, 0) is 0 Å². The molecule has 0 radical (unpaired) electrons. The lowest BCUT2D eigenvalue weighted by atomic mass is 9.98. The van der Waals surface area contributed by atoms with E-state index < -0.39 is 0 Å². The molecule has 3 rings (SSSR count). The first kappa shape index (κ1) is 14.3. The van der Waals surface area contributed by atoms with Crippen LogP contribution in [-0.4, -0.2) is 28.9 Å². The number of amides is 1. The van der Waals surface area contributed by atoms with Crippen molar-refractivity contribution in [2.45, 2.75) is 26.7 Å². The van der Waals surface area contributed by atoms with Crippen molar-refractivity contribution in [3.8, 4) is 10.6 Å². The number of aryl methyl sites for hydroxylation is 1. The van der Waals surface area contributed by atoms with Crippen molar-refractivity contribution < 1.29 is 4.79 Å². The highest BCUT2D eigenvalue weighted by molar-refractivity contribution is 7.15. The lowest BCUT2D eigenvalue weighted by molar-refractivity contribution is 0.0697. The SMILES string of the molecule is Cc1ccc(-c2cc(C(=O)N3CCC(C)CC3)ccn2)s1. The lowest BCUT2D eigenvalue weighted by Crippen LogP contribution is -2.37. The Morgan fingerprint density at radius 3 is 2.71 bits per heavy atom. The van der Waals surface area contributed by atoms with Crippen LogP contribution in [0.3, 0.4) is 0 Å². The third kappa shape index (κ3) is 3.16. The van der Waals surface area contributed by atoms with Crippen molar-refractivity contribution in [3.63, 3.8) is 0 Å². The number of aromatic nitrogens is 1. The van der Waals surface area contributed by atoms with Crippen molar-refractivity contribution in [3.05, 3.63) is 40.9 Å². The van der Waals surface area contributed by atoms with Gasteiger partial charge in [0.2, 0.25) is 0 Å². The van der Waals surface area contributed by atoms with Gasteiger partial charge in [-0.15, -0.1) is 11.3 Å². The van der Waals surface area contributed by atoms with Crippen LogP contribution in [0.2, 0.25) is 0 Å². The lowest BCUT2D eigenvalue weighted by Gasteiger charge is -2.30. The molecule has 0 aliphatic carbocycles. The number of hydrogen-bond acceptors (Lipinski definition) is 3. The number of likely N-dealkylation sites (tertiary alicyclic amines) is 1. The van der Waals surface area contributed by atoms with E-state index in [1.807, 2.05) is 17.0 Å². The van der Waals surface area contributed by atoms with Crippen LogP contribution >= 0.6 is 11.3 Å². The van der Waals surface area contributed by atoms with Crippen molar-refractivity contribution in [2.24, 2.45) is 5.92 Å². The fourth-order valence-corrected chi connectivity index (χ4v) is 3.50. The molecule has 0 bridgehead atoms. The van der Waals surface area contributed by atoms with E-state index in [1.54, 1.807) is 17.5 Å². The average Bonchev–Trinajstić information content (AvgIpc) is 2.94. The zero-order valence-corrected chi connectivity index (χ0v) is 13.3. The van der Waals surface area contributed by atoms with Crippen molar-refractivity contribution >= 4 is 17.2 Å². The minimum Gasteiger partial charge on any atom is -0.339 e. The molecular weight excluding hydrogens is 280 g/mol. The van der Waals surface area contributed by atoms with Gasteiger partial charge < -0.3 is 4.90 Å². The summed E-state index contributed by atoms with van der Waals surface area (Å²) in [6.07, 6.45) is 3.95. The van der Waals surface area contributed by atoms with Crippen LogP contribution in [0.5, 0.6) is 0 Å². The first-order valence-electron chi connectivity index (χ1n) is 7.45. The molecule has 3 nitrogen and oxygen atoms in total. The van der Waals surface area contributed by atoms with Crippen LogP contribution in [0.25, 0.3) is 10.6 Å². The van der Waals surface area contributed by atoms with E-state index in [9.17, 15) is 4.79 Å². The Kier molecular flexibility index (Phi) is 4.06. The minimum atomic E-state index is 0.138. The summed E-state index contributed by atoms with van der Waals surface area (Å²) >= 11 is 1.71. The number of carbonyl (C=O) groups is 1. The first-order valence-corrected chi connectivity index (χ1v) is 8.27. The molecule has 0 aromatic carbocycles. The molecule has 1 saturated heterocycles. The molecule has 2 aromatic rings. The Morgan fingerprint density at radius 1 is 1.29 bits per heavy atom. The number of piperidine rings is 1. The molecule has 0 spiro atoms. The van der Waals surface area contributed by atoms with Gasteiger partial charge in [-0.05, 0) is 49.9 Å². The summed E-state index contributed by atoms with van der Waals surface area (Å²) in [7, 11) is 0. The van der Waals surface area contributed by atoms with Gasteiger partial charge in [0, 0.05) is 29.7 Å². The van der Waals surface area contributed by atoms with Crippen molar-refractivity contribution in [1.82, 2.24) is 9.88 Å². The summed E-state index contributed by atoms with van der Waals surface area (Å²) in [5.41, 5.74) is 1.64. The Bertz CT molecular complexity index is 642. The van der Waals surface area contributed by atoms with Gasteiger partial charge in [0.25, 0.3) is 5.91 Å². The second kappa shape index (κ2) is 5.98. The van der Waals surface area contributed by atoms with Gasteiger partial charge in [0.05, 0.1) is 10.6 Å². The highest BCUT2D eigenvalue weighted by atomic mass is 32.1. The maximum atomic E-state index is 12.6. The molecule has 110 valence electrons. The first-order chi connectivity index (χ1) is 10.1. The van der Waals surface area contributed by atoms with Gasteiger partial charge in [-0.3, -0.25) is 9.78 Å². The molecule has 1 aliphatic rings. The van der Waals surface area contributed by atoms with Crippen LogP contribution in [0, 0.1) is 12.8 Å². The summed E-state index contributed by atoms with van der Waals surface area (Å²) in [6.45, 7) is 6.08. The summed E-state index contributed by atoms with van der Waals surface area (Å²) in [5.74, 6) is 0.870. The molecule has 1 fully saturated rings. The third-order valence-corrected chi connectivity index (χ3v) is 5.09. The Hall–Kier alpha value is -1.68. The zero-order chi connectivity index (χ0) is 14.8. The van der Waals surface area contributed by atoms with Crippen molar-refractivity contribution in [2.75, 3.05) is 13.1 Å². The molecule has 0 saturated carbocycles. The Labute approximate surface area is 129 Å². The molecule has 1 aliphatic heterocycles. The highest BCUT2D eigenvalue weighted by Gasteiger charge is 2.21. The number of thiophene rings is 1. The summed E-state index contributed by atoms with van der Waals surface area (Å²) in [6, 6.07) is 7.90.